The quantitative estimate of drug-likeness (QED) is 0.367. The maximum Gasteiger partial charge on any atom is 0.235 e. The minimum Gasteiger partial charge on any atom is -0.378 e. The van der Waals surface area contributed by atoms with Crippen molar-refractivity contribution in [2.24, 2.45) is 5.92 Å². The van der Waals surface area contributed by atoms with Crippen molar-refractivity contribution in [2.45, 2.75) is 19.4 Å². The van der Waals surface area contributed by atoms with Crippen molar-refractivity contribution in [3.05, 3.63) is 54.1 Å². The molecule has 2 saturated heterocycles. The summed E-state index contributed by atoms with van der Waals surface area (Å²) in [6, 6.07) is 8.30. The number of rotatable bonds is 5. The van der Waals surface area contributed by atoms with Crippen LogP contribution in [-0.2, 0) is 11.3 Å². The van der Waals surface area contributed by atoms with E-state index in [1.807, 2.05) is 18.3 Å². The summed E-state index contributed by atoms with van der Waals surface area (Å²) >= 11 is 1.78. The average Bonchev–Trinajstić information content (AvgIpc) is 3.74. The number of aromatic amines is 1. The summed E-state index contributed by atoms with van der Waals surface area (Å²) < 4.78 is 8.35. The van der Waals surface area contributed by atoms with Crippen LogP contribution in [0.3, 0.4) is 0 Å². The third-order valence-corrected chi connectivity index (χ3v) is 8.62. The van der Waals surface area contributed by atoms with E-state index in [2.05, 4.69) is 37.1 Å². The summed E-state index contributed by atoms with van der Waals surface area (Å²) in [6.45, 7) is 5.67. The van der Waals surface area contributed by atoms with Gasteiger partial charge in [-0.3, -0.25) is 19.4 Å². The Morgan fingerprint density at radius 3 is 2.82 bits per heavy atom. The van der Waals surface area contributed by atoms with Gasteiger partial charge in [-0.1, -0.05) is 12.1 Å². The first-order valence-corrected chi connectivity index (χ1v) is 13.8. The predicted octanol–water partition coefficient (Wildman–Crippen LogP) is 3.82. The number of carbonyl (C=O) groups is 1. The van der Waals surface area contributed by atoms with Crippen LogP contribution in [0.4, 0.5) is 5.82 Å². The van der Waals surface area contributed by atoms with E-state index in [1.165, 1.54) is 4.88 Å². The van der Waals surface area contributed by atoms with E-state index in [0.717, 1.165) is 78.1 Å². The Hall–Kier alpha value is -3.67. The molecular formula is C27H28N8O2S. The Bertz CT molecular complexity index is 1580. The second-order valence-corrected chi connectivity index (χ2v) is 11.0. The SMILES string of the molecule is O=C(C1CCN(Cc2cc3nc(-c4cccc5[nH]ncc45)nc(N4CCOCC4)c3s2)CC1)n1ccnc1. The summed E-state index contributed by atoms with van der Waals surface area (Å²) in [5, 5.41) is 8.29. The third kappa shape index (κ3) is 4.36. The van der Waals surface area contributed by atoms with Crippen molar-refractivity contribution in [3.63, 3.8) is 0 Å². The van der Waals surface area contributed by atoms with Gasteiger partial charge >= 0.3 is 0 Å². The van der Waals surface area contributed by atoms with Crippen LogP contribution in [-0.4, -0.2) is 79.9 Å². The van der Waals surface area contributed by atoms with Gasteiger partial charge < -0.3 is 9.64 Å². The van der Waals surface area contributed by atoms with E-state index in [0.29, 0.717) is 19.0 Å². The van der Waals surface area contributed by atoms with E-state index in [4.69, 9.17) is 14.7 Å². The zero-order chi connectivity index (χ0) is 25.5. The first-order valence-electron chi connectivity index (χ1n) is 13.0. The number of piperidine rings is 1. The zero-order valence-corrected chi connectivity index (χ0v) is 21.7. The number of nitrogens with one attached hydrogen (secondary N) is 1. The number of ether oxygens (including phenoxy) is 1. The molecule has 5 aromatic rings. The molecule has 1 N–H and O–H groups in total. The maximum absolute atomic E-state index is 12.7. The van der Waals surface area contributed by atoms with Gasteiger partial charge in [0.05, 0.1) is 35.1 Å². The molecule has 0 radical (unpaired) electrons. The number of likely N-dealkylation sites (tertiary alicyclic amines) is 1. The summed E-state index contributed by atoms with van der Waals surface area (Å²) in [5.41, 5.74) is 2.92. The van der Waals surface area contributed by atoms with E-state index in [9.17, 15) is 4.79 Å². The first-order chi connectivity index (χ1) is 18.7. The van der Waals surface area contributed by atoms with Crippen LogP contribution in [0.1, 0.15) is 22.5 Å². The fourth-order valence-corrected chi connectivity index (χ4v) is 6.63. The highest BCUT2D eigenvalue weighted by molar-refractivity contribution is 7.19. The Balaban J connectivity index is 1.17. The van der Waals surface area contributed by atoms with Gasteiger partial charge in [-0.15, -0.1) is 11.3 Å². The Labute approximate surface area is 223 Å². The Morgan fingerprint density at radius 2 is 2.00 bits per heavy atom. The monoisotopic (exact) mass is 528 g/mol. The topological polar surface area (TPSA) is 105 Å². The molecule has 2 aliphatic rings. The minimum absolute atomic E-state index is 0.0508. The molecule has 1 aromatic carbocycles. The van der Waals surface area contributed by atoms with Crippen molar-refractivity contribution in [1.29, 1.82) is 0 Å². The molecular weight excluding hydrogens is 500 g/mol. The predicted molar refractivity (Wildman–Crippen MR) is 146 cm³/mol. The van der Waals surface area contributed by atoms with Crippen molar-refractivity contribution < 1.29 is 9.53 Å². The van der Waals surface area contributed by atoms with Gasteiger partial charge in [0.1, 0.15) is 6.33 Å². The van der Waals surface area contributed by atoms with Gasteiger partial charge in [0, 0.05) is 53.8 Å². The van der Waals surface area contributed by atoms with Crippen LogP contribution >= 0.6 is 11.3 Å². The van der Waals surface area contributed by atoms with Crippen molar-refractivity contribution in [1.82, 2.24) is 34.6 Å². The largest absolute Gasteiger partial charge is 0.378 e. The number of imidazole rings is 1. The number of benzene rings is 1. The first kappa shape index (κ1) is 23.4. The third-order valence-electron chi connectivity index (χ3n) is 7.52. The van der Waals surface area contributed by atoms with Gasteiger partial charge in [0.25, 0.3) is 0 Å². The lowest BCUT2D eigenvalue weighted by Gasteiger charge is -2.30. The molecule has 0 aliphatic carbocycles. The van der Waals surface area contributed by atoms with Crippen LogP contribution in [0.5, 0.6) is 0 Å². The van der Waals surface area contributed by atoms with Crippen LogP contribution in [0.25, 0.3) is 32.5 Å². The number of thiophene rings is 1. The number of H-pyrrole nitrogens is 1. The second kappa shape index (κ2) is 9.90. The lowest BCUT2D eigenvalue weighted by molar-refractivity contribution is 0.0748. The van der Waals surface area contributed by atoms with Gasteiger partial charge in [-0.2, -0.15) is 5.10 Å². The number of nitrogens with zero attached hydrogens (tertiary/aromatic N) is 7. The highest BCUT2D eigenvalue weighted by Crippen LogP contribution is 2.36. The standard InChI is InChI=1S/C27H28N8O2S/c36-27(35-9-6-28-17-35)18-4-7-33(8-5-18)16-19-14-23-24(38-19)26(34-10-12-37-13-11-34)31-25(30-23)20-2-1-3-22-21(20)15-29-32-22/h1-3,6,9,14-15,17-18H,4-5,7-8,10-13,16H2,(H,29,32). The fourth-order valence-electron chi connectivity index (χ4n) is 5.47. The Morgan fingerprint density at radius 1 is 1.13 bits per heavy atom. The molecule has 10 nitrogen and oxygen atoms in total. The van der Waals surface area contributed by atoms with E-state index in [-0.39, 0.29) is 11.8 Å². The molecule has 0 saturated carbocycles. The zero-order valence-electron chi connectivity index (χ0n) is 20.9. The summed E-state index contributed by atoms with van der Waals surface area (Å²) in [4.78, 5) is 32.9. The number of fused-ring (bicyclic) bond motifs is 2. The van der Waals surface area contributed by atoms with Crippen LogP contribution in [0.2, 0.25) is 0 Å². The minimum atomic E-state index is 0.0508. The van der Waals surface area contributed by atoms with Gasteiger partial charge in [0.2, 0.25) is 5.91 Å². The van der Waals surface area contributed by atoms with E-state index < -0.39 is 0 Å². The smallest absolute Gasteiger partial charge is 0.235 e. The summed E-state index contributed by atoms with van der Waals surface area (Å²) in [7, 11) is 0. The molecule has 0 spiro atoms. The molecule has 6 heterocycles. The molecule has 0 amide bonds. The molecule has 0 unspecified atom stereocenters. The van der Waals surface area contributed by atoms with Crippen molar-refractivity contribution >= 4 is 44.2 Å². The van der Waals surface area contributed by atoms with Gasteiger partial charge in [-0.25, -0.2) is 15.0 Å². The number of carbonyl (C=O) groups excluding carboxylic acids is 1. The molecule has 38 heavy (non-hydrogen) atoms. The lowest BCUT2D eigenvalue weighted by Crippen LogP contribution is -2.37. The molecule has 11 heteroatoms. The van der Waals surface area contributed by atoms with Crippen LogP contribution in [0, 0.1) is 5.92 Å². The molecule has 0 bridgehead atoms. The highest BCUT2D eigenvalue weighted by Gasteiger charge is 2.27. The maximum atomic E-state index is 12.7. The molecule has 7 rings (SSSR count). The molecule has 194 valence electrons. The summed E-state index contributed by atoms with van der Waals surface area (Å²) in [6.07, 6.45) is 8.55. The highest BCUT2D eigenvalue weighted by atomic mass is 32.1. The fraction of sp³-hybridized carbons (Fsp3) is 0.370. The van der Waals surface area contributed by atoms with Gasteiger partial charge in [0.15, 0.2) is 11.6 Å². The number of morpholine rings is 1. The average molecular weight is 529 g/mol. The summed E-state index contributed by atoms with van der Waals surface area (Å²) in [5.74, 6) is 1.90. The number of hydrogen-bond donors (Lipinski definition) is 1. The van der Waals surface area contributed by atoms with Crippen molar-refractivity contribution in [2.75, 3.05) is 44.3 Å². The van der Waals surface area contributed by atoms with Crippen LogP contribution < -0.4 is 4.90 Å². The molecule has 4 aromatic heterocycles. The van der Waals surface area contributed by atoms with E-state index in [1.54, 1.807) is 34.6 Å². The number of anilines is 1. The molecule has 2 fully saturated rings. The van der Waals surface area contributed by atoms with Crippen molar-refractivity contribution in [3.8, 4) is 11.4 Å². The normalized spacial score (nSPS) is 17.5. The molecule has 2 aliphatic heterocycles. The second-order valence-electron chi connectivity index (χ2n) is 9.89. The van der Waals surface area contributed by atoms with E-state index >= 15 is 0 Å². The van der Waals surface area contributed by atoms with Crippen LogP contribution in [0.15, 0.2) is 49.2 Å². The lowest BCUT2D eigenvalue weighted by atomic mass is 9.96. The number of hydrogen-bond acceptors (Lipinski definition) is 9. The number of aromatic nitrogens is 6. The van der Waals surface area contributed by atoms with Gasteiger partial charge in [-0.05, 0) is 38.1 Å². The Kier molecular flexibility index (Phi) is 6.11. The molecule has 0 atom stereocenters.